The van der Waals surface area contributed by atoms with Gasteiger partial charge in [-0.15, -0.1) is 0 Å². The van der Waals surface area contributed by atoms with Crippen LogP contribution in [0.1, 0.15) is 20.8 Å². The normalized spacial score (nSPS) is 11.0. The SMILES string of the molecule is CCN(c1ccc(NC(=O)Cn2[nH]c(=O)c3ccccc3c2=O)cc1)C(C)C. The first-order chi connectivity index (χ1) is 13.4. The molecule has 7 nitrogen and oxygen atoms in total. The summed E-state index contributed by atoms with van der Waals surface area (Å²) in [7, 11) is 0. The van der Waals surface area contributed by atoms with Crippen LogP contribution < -0.4 is 21.3 Å². The third kappa shape index (κ3) is 3.98. The summed E-state index contributed by atoms with van der Waals surface area (Å²) < 4.78 is 1.03. The fourth-order valence-electron chi connectivity index (χ4n) is 3.28. The number of H-pyrrole nitrogens is 1. The second-order valence-electron chi connectivity index (χ2n) is 6.85. The Bertz CT molecular complexity index is 1100. The molecule has 2 aromatic carbocycles. The highest BCUT2D eigenvalue weighted by Gasteiger charge is 2.11. The fraction of sp³-hybridized carbons (Fsp3) is 0.286. The van der Waals surface area contributed by atoms with Gasteiger partial charge in [0.2, 0.25) is 5.91 Å². The zero-order valence-electron chi connectivity index (χ0n) is 16.2. The van der Waals surface area contributed by atoms with Gasteiger partial charge in [0.25, 0.3) is 11.1 Å². The maximum absolute atomic E-state index is 12.5. The highest BCUT2D eigenvalue weighted by molar-refractivity contribution is 5.91. The van der Waals surface area contributed by atoms with Crippen LogP contribution in [0.15, 0.2) is 58.1 Å². The minimum atomic E-state index is -0.406. The Kier molecular flexibility index (Phi) is 5.63. The summed E-state index contributed by atoms with van der Waals surface area (Å²) in [4.78, 5) is 39.2. The number of carbonyl (C=O) groups excluding carboxylic acids is 1. The zero-order chi connectivity index (χ0) is 20.3. The summed E-state index contributed by atoms with van der Waals surface area (Å²) >= 11 is 0. The summed E-state index contributed by atoms with van der Waals surface area (Å²) in [6.45, 7) is 6.97. The van der Waals surface area contributed by atoms with Crippen molar-refractivity contribution in [2.24, 2.45) is 0 Å². The number of hydrogen-bond acceptors (Lipinski definition) is 4. The monoisotopic (exact) mass is 380 g/mol. The number of amides is 1. The predicted octanol–water partition coefficient (Wildman–Crippen LogP) is 2.56. The van der Waals surface area contributed by atoms with Gasteiger partial charge in [0.1, 0.15) is 6.54 Å². The molecule has 0 aliphatic heterocycles. The van der Waals surface area contributed by atoms with Gasteiger partial charge in [-0.25, -0.2) is 4.68 Å². The Balaban J connectivity index is 1.76. The van der Waals surface area contributed by atoms with E-state index in [1.165, 1.54) is 0 Å². The maximum Gasteiger partial charge on any atom is 0.273 e. The molecule has 28 heavy (non-hydrogen) atoms. The van der Waals surface area contributed by atoms with E-state index in [-0.39, 0.29) is 11.9 Å². The molecule has 146 valence electrons. The number of aromatic nitrogens is 2. The zero-order valence-corrected chi connectivity index (χ0v) is 16.2. The van der Waals surface area contributed by atoms with Crippen LogP contribution in [0.25, 0.3) is 10.8 Å². The standard InChI is InChI=1S/C21H24N4O3/c1-4-24(14(2)3)16-11-9-15(10-12-16)22-19(26)13-25-21(28)18-8-6-5-7-17(18)20(27)23-25/h5-12,14H,4,13H2,1-3H3,(H,22,26)(H,23,27). The minimum Gasteiger partial charge on any atom is -0.369 e. The number of aromatic amines is 1. The van der Waals surface area contributed by atoms with E-state index >= 15 is 0 Å². The molecule has 0 spiro atoms. The Labute approximate surface area is 162 Å². The maximum atomic E-state index is 12.5. The molecular formula is C21H24N4O3. The van der Waals surface area contributed by atoms with Gasteiger partial charge in [-0.3, -0.25) is 19.5 Å². The lowest BCUT2D eigenvalue weighted by Gasteiger charge is -2.27. The molecule has 0 radical (unpaired) electrons. The molecule has 0 atom stereocenters. The van der Waals surface area contributed by atoms with Gasteiger partial charge in [0.15, 0.2) is 0 Å². The smallest absolute Gasteiger partial charge is 0.273 e. The number of nitrogens with one attached hydrogen (secondary N) is 2. The van der Waals surface area contributed by atoms with E-state index in [9.17, 15) is 14.4 Å². The van der Waals surface area contributed by atoms with E-state index < -0.39 is 17.0 Å². The number of rotatable bonds is 6. The molecule has 3 aromatic rings. The Hall–Kier alpha value is -3.35. The third-order valence-electron chi connectivity index (χ3n) is 4.63. The van der Waals surface area contributed by atoms with E-state index in [0.717, 1.165) is 16.9 Å². The number of hydrogen-bond donors (Lipinski definition) is 2. The average Bonchev–Trinajstić information content (AvgIpc) is 2.67. The molecule has 1 aromatic heterocycles. The number of nitrogens with zero attached hydrogens (tertiary/aromatic N) is 2. The van der Waals surface area contributed by atoms with Crippen LogP contribution in [0.4, 0.5) is 11.4 Å². The largest absolute Gasteiger partial charge is 0.369 e. The molecular weight excluding hydrogens is 356 g/mol. The van der Waals surface area contributed by atoms with Gasteiger partial charge in [-0.1, -0.05) is 12.1 Å². The van der Waals surface area contributed by atoms with E-state index in [0.29, 0.717) is 17.1 Å². The lowest BCUT2D eigenvalue weighted by atomic mass is 10.2. The topological polar surface area (TPSA) is 87.2 Å². The van der Waals surface area contributed by atoms with Crippen LogP contribution in [-0.4, -0.2) is 28.3 Å². The van der Waals surface area contributed by atoms with E-state index in [1.54, 1.807) is 24.3 Å². The molecule has 0 saturated carbocycles. The van der Waals surface area contributed by atoms with Crippen LogP contribution in [0.5, 0.6) is 0 Å². The van der Waals surface area contributed by atoms with E-state index in [1.807, 2.05) is 24.3 Å². The van der Waals surface area contributed by atoms with Gasteiger partial charge < -0.3 is 10.2 Å². The van der Waals surface area contributed by atoms with Crippen molar-refractivity contribution in [3.8, 4) is 0 Å². The first-order valence-electron chi connectivity index (χ1n) is 9.29. The fourth-order valence-corrected chi connectivity index (χ4v) is 3.28. The van der Waals surface area contributed by atoms with Crippen molar-refractivity contribution in [3.63, 3.8) is 0 Å². The van der Waals surface area contributed by atoms with Crippen LogP contribution in [-0.2, 0) is 11.3 Å². The Morgan fingerprint density at radius 3 is 2.32 bits per heavy atom. The molecule has 0 fully saturated rings. The van der Waals surface area contributed by atoms with Crippen LogP contribution in [0.2, 0.25) is 0 Å². The lowest BCUT2D eigenvalue weighted by Crippen LogP contribution is -2.34. The van der Waals surface area contributed by atoms with Gasteiger partial charge in [-0.2, -0.15) is 0 Å². The van der Waals surface area contributed by atoms with Crippen molar-refractivity contribution in [1.29, 1.82) is 0 Å². The number of carbonyl (C=O) groups is 1. The van der Waals surface area contributed by atoms with Crippen molar-refractivity contribution in [2.75, 3.05) is 16.8 Å². The first kappa shape index (κ1) is 19.4. The Morgan fingerprint density at radius 1 is 1.07 bits per heavy atom. The summed E-state index contributed by atoms with van der Waals surface area (Å²) in [5, 5.41) is 5.82. The molecule has 0 bridgehead atoms. The van der Waals surface area contributed by atoms with E-state index in [4.69, 9.17) is 0 Å². The molecule has 0 unspecified atom stereocenters. The van der Waals surface area contributed by atoms with Crippen molar-refractivity contribution in [1.82, 2.24) is 9.78 Å². The molecule has 0 saturated heterocycles. The summed E-state index contributed by atoms with van der Waals surface area (Å²) in [6.07, 6.45) is 0. The molecule has 2 N–H and O–H groups in total. The van der Waals surface area contributed by atoms with Crippen molar-refractivity contribution in [2.45, 2.75) is 33.4 Å². The molecule has 1 amide bonds. The van der Waals surface area contributed by atoms with Crippen LogP contribution in [0.3, 0.4) is 0 Å². The highest BCUT2D eigenvalue weighted by Crippen LogP contribution is 2.19. The molecule has 7 heteroatoms. The number of fused-ring (bicyclic) bond motifs is 1. The van der Waals surface area contributed by atoms with Gasteiger partial charge in [-0.05, 0) is 57.2 Å². The summed E-state index contributed by atoms with van der Waals surface area (Å²) in [6, 6.07) is 14.5. The Morgan fingerprint density at radius 2 is 1.71 bits per heavy atom. The molecule has 1 heterocycles. The van der Waals surface area contributed by atoms with E-state index in [2.05, 4.69) is 36.1 Å². The molecule has 0 aliphatic carbocycles. The van der Waals surface area contributed by atoms with Crippen molar-refractivity contribution < 1.29 is 4.79 Å². The molecule has 3 rings (SSSR count). The van der Waals surface area contributed by atoms with Crippen LogP contribution >= 0.6 is 0 Å². The first-order valence-corrected chi connectivity index (χ1v) is 9.29. The van der Waals surface area contributed by atoms with Gasteiger partial charge in [0, 0.05) is 24.0 Å². The summed E-state index contributed by atoms with van der Waals surface area (Å²) in [5.41, 5.74) is 0.896. The van der Waals surface area contributed by atoms with Crippen molar-refractivity contribution in [3.05, 3.63) is 69.2 Å². The van der Waals surface area contributed by atoms with Crippen molar-refractivity contribution >= 4 is 28.1 Å². The molecule has 0 aliphatic rings. The van der Waals surface area contributed by atoms with Gasteiger partial charge in [0.05, 0.1) is 10.8 Å². The third-order valence-corrected chi connectivity index (χ3v) is 4.63. The number of benzene rings is 2. The second kappa shape index (κ2) is 8.12. The number of anilines is 2. The highest BCUT2D eigenvalue weighted by atomic mass is 16.2. The quantitative estimate of drug-likeness (QED) is 0.688. The summed E-state index contributed by atoms with van der Waals surface area (Å²) in [5.74, 6) is -0.392. The van der Waals surface area contributed by atoms with Gasteiger partial charge >= 0.3 is 0 Å². The lowest BCUT2D eigenvalue weighted by molar-refractivity contribution is -0.117. The second-order valence-corrected chi connectivity index (χ2v) is 6.85. The minimum absolute atomic E-state index is 0.270. The predicted molar refractivity (Wildman–Crippen MR) is 112 cm³/mol. The van der Waals surface area contributed by atoms with Crippen LogP contribution in [0, 0.1) is 0 Å². The average molecular weight is 380 g/mol.